The molecule has 0 spiro atoms. The van der Waals surface area contributed by atoms with Crippen LogP contribution in [-0.2, 0) is 11.3 Å². The molecule has 0 saturated carbocycles. The monoisotopic (exact) mass is 242 g/mol. The fourth-order valence-electron chi connectivity index (χ4n) is 1.42. The number of carbonyl (C=O) groups is 1. The summed E-state index contributed by atoms with van der Waals surface area (Å²) in [5, 5.41) is 2.76. The molecule has 0 fully saturated rings. The average molecular weight is 242 g/mol. The van der Waals surface area contributed by atoms with Crippen molar-refractivity contribution in [2.45, 2.75) is 6.54 Å². The van der Waals surface area contributed by atoms with Crippen LogP contribution < -0.4 is 11.1 Å². The van der Waals surface area contributed by atoms with Crippen molar-refractivity contribution in [1.29, 1.82) is 0 Å². The van der Waals surface area contributed by atoms with Gasteiger partial charge in [-0.25, -0.2) is 0 Å². The van der Waals surface area contributed by atoms with E-state index in [0.717, 1.165) is 11.1 Å². The van der Waals surface area contributed by atoms with Gasteiger partial charge in [-0.2, -0.15) is 0 Å². The number of amides is 1. The average Bonchev–Trinajstić information content (AvgIpc) is 2.89. The highest BCUT2D eigenvalue weighted by atomic mass is 16.3. The summed E-state index contributed by atoms with van der Waals surface area (Å²) in [4.78, 5) is 11.5. The van der Waals surface area contributed by atoms with Gasteiger partial charge in [0, 0.05) is 23.9 Å². The molecule has 92 valence electrons. The molecular formula is C14H14N2O2. The predicted molar refractivity (Wildman–Crippen MR) is 70.4 cm³/mol. The van der Waals surface area contributed by atoms with Crippen LogP contribution in [0.15, 0.2) is 53.4 Å². The van der Waals surface area contributed by atoms with Crippen LogP contribution >= 0.6 is 0 Å². The van der Waals surface area contributed by atoms with Crippen LogP contribution in [0.3, 0.4) is 0 Å². The summed E-state index contributed by atoms with van der Waals surface area (Å²) in [7, 11) is 0. The Kier molecular flexibility index (Phi) is 3.81. The zero-order valence-corrected chi connectivity index (χ0v) is 9.80. The molecular weight excluding hydrogens is 228 g/mol. The van der Waals surface area contributed by atoms with E-state index in [9.17, 15) is 4.79 Å². The van der Waals surface area contributed by atoms with Gasteiger partial charge in [-0.05, 0) is 29.8 Å². The zero-order chi connectivity index (χ0) is 12.8. The Balaban J connectivity index is 1.85. The molecule has 1 aromatic carbocycles. The highest BCUT2D eigenvalue weighted by molar-refractivity contribution is 5.91. The summed E-state index contributed by atoms with van der Waals surface area (Å²) in [6, 6.07) is 9.11. The second-order valence-corrected chi connectivity index (χ2v) is 3.85. The Morgan fingerprint density at radius 1 is 1.28 bits per heavy atom. The van der Waals surface area contributed by atoms with Crippen molar-refractivity contribution in [2.24, 2.45) is 0 Å². The summed E-state index contributed by atoms with van der Waals surface area (Å²) in [5.41, 5.74) is 8.14. The van der Waals surface area contributed by atoms with Crippen LogP contribution in [0.5, 0.6) is 0 Å². The molecule has 0 aliphatic rings. The van der Waals surface area contributed by atoms with Gasteiger partial charge in [0.25, 0.3) is 0 Å². The summed E-state index contributed by atoms with van der Waals surface area (Å²) >= 11 is 0. The highest BCUT2D eigenvalue weighted by Crippen LogP contribution is 2.06. The minimum absolute atomic E-state index is 0.145. The normalized spacial score (nSPS) is 10.7. The van der Waals surface area contributed by atoms with Gasteiger partial charge >= 0.3 is 0 Å². The number of nitrogens with two attached hydrogens (primary N) is 1. The van der Waals surface area contributed by atoms with E-state index in [4.69, 9.17) is 10.2 Å². The number of benzene rings is 1. The standard InChI is InChI=1S/C14H14N2O2/c15-13-4-1-11(2-5-13)3-6-14(17)16-9-12-7-8-18-10-12/h1-8,10H,9,15H2,(H,16,17)/b6-3+. The van der Waals surface area contributed by atoms with Gasteiger partial charge in [0.2, 0.25) is 5.91 Å². The van der Waals surface area contributed by atoms with Crippen molar-refractivity contribution in [1.82, 2.24) is 5.32 Å². The van der Waals surface area contributed by atoms with Crippen molar-refractivity contribution in [2.75, 3.05) is 5.73 Å². The van der Waals surface area contributed by atoms with Crippen molar-refractivity contribution in [3.63, 3.8) is 0 Å². The molecule has 4 heteroatoms. The van der Waals surface area contributed by atoms with E-state index in [0.29, 0.717) is 12.2 Å². The fourth-order valence-corrected chi connectivity index (χ4v) is 1.42. The minimum atomic E-state index is -0.145. The number of rotatable bonds is 4. The van der Waals surface area contributed by atoms with E-state index < -0.39 is 0 Å². The first kappa shape index (κ1) is 12.0. The largest absolute Gasteiger partial charge is 0.472 e. The Labute approximate surface area is 105 Å². The van der Waals surface area contributed by atoms with E-state index in [1.54, 1.807) is 30.7 Å². The lowest BCUT2D eigenvalue weighted by atomic mass is 10.2. The summed E-state index contributed by atoms with van der Waals surface area (Å²) in [6.07, 6.45) is 6.41. The number of furan rings is 1. The lowest BCUT2D eigenvalue weighted by molar-refractivity contribution is -0.116. The van der Waals surface area contributed by atoms with Gasteiger partial charge in [0.1, 0.15) is 0 Å². The summed E-state index contributed by atoms with van der Waals surface area (Å²) in [6.45, 7) is 0.460. The molecule has 0 aliphatic heterocycles. The predicted octanol–water partition coefficient (Wildman–Crippen LogP) is 2.19. The third kappa shape index (κ3) is 3.52. The Hall–Kier alpha value is -2.49. The van der Waals surface area contributed by atoms with Gasteiger partial charge in [-0.3, -0.25) is 4.79 Å². The number of carbonyl (C=O) groups excluding carboxylic acids is 1. The maximum absolute atomic E-state index is 11.5. The van der Waals surface area contributed by atoms with Crippen molar-refractivity contribution in [3.05, 3.63) is 60.1 Å². The second-order valence-electron chi connectivity index (χ2n) is 3.85. The van der Waals surface area contributed by atoms with Crippen LogP contribution in [0.4, 0.5) is 5.69 Å². The molecule has 1 aromatic heterocycles. The maximum Gasteiger partial charge on any atom is 0.244 e. The Morgan fingerprint density at radius 2 is 2.06 bits per heavy atom. The molecule has 2 rings (SSSR count). The molecule has 3 N–H and O–H groups in total. The molecule has 0 atom stereocenters. The highest BCUT2D eigenvalue weighted by Gasteiger charge is 1.97. The number of nitrogen functional groups attached to an aromatic ring is 1. The summed E-state index contributed by atoms with van der Waals surface area (Å²) in [5.74, 6) is -0.145. The van der Waals surface area contributed by atoms with Crippen LogP contribution in [0.1, 0.15) is 11.1 Å². The van der Waals surface area contributed by atoms with Gasteiger partial charge in [0.05, 0.1) is 12.5 Å². The minimum Gasteiger partial charge on any atom is -0.472 e. The number of anilines is 1. The molecule has 1 heterocycles. The van der Waals surface area contributed by atoms with Gasteiger partial charge in [0.15, 0.2) is 0 Å². The lowest BCUT2D eigenvalue weighted by Gasteiger charge is -1.99. The quantitative estimate of drug-likeness (QED) is 0.638. The SMILES string of the molecule is Nc1ccc(/C=C/C(=O)NCc2ccoc2)cc1. The topological polar surface area (TPSA) is 68.3 Å². The molecule has 0 saturated heterocycles. The first-order valence-electron chi connectivity index (χ1n) is 5.56. The van der Waals surface area contributed by atoms with Gasteiger partial charge < -0.3 is 15.5 Å². The van der Waals surface area contributed by atoms with E-state index in [2.05, 4.69) is 5.32 Å². The smallest absolute Gasteiger partial charge is 0.244 e. The lowest BCUT2D eigenvalue weighted by Crippen LogP contribution is -2.19. The first-order valence-corrected chi connectivity index (χ1v) is 5.56. The maximum atomic E-state index is 11.5. The molecule has 18 heavy (non-hydrogen) atoms. The number of hydrogen-bond acceptors (Lipinski definition) is 3. The van der Waals surface area contributed by atoms with Crippen LogP contribution in [0, 0.1) is 0 Å². The third-order valence-electron chi connectivity index (χ3n) is 2.41. The Bertz CT molecular complexity index is 527. The van der Waals surface area contributed by atoms with E-state index in [-0.39, 0.29) is 5.91 Å². The summed E-state index contributed by atoms with van der Waals surface area (Å²) < 4.78 is 4.91. The third-order valence-corrected chi connectivity index (χ3v) is 2.41. The van der Waals surface area contributed by atoms with E-state index >= 15 is 0 Å². The molecule has 4 nitrogen and oxygen atoms in total. The van der Waals surface area contributed by atoms with E-state index in [1.807, 2.05) is 18.2 Å². The van der Waals surface area contributed by atoms with Crippen molar-refractivity contribution in [3.8, 4) is 0 Å². The van der Waals surface area contributed by atoms with E-state index in [1.165, 1.54) is 6.08 Å². The molecule has 2 aromatic rings. The molecule has 0 aliphatic carbocycles. The van der Waals surface area contributed by atoms with Gasteiger partial charge in [-0.15, -0.1) is 0 Å². The zero-order valence-electron chi connectivity index (χ0n) is 9.80. The van der Waals surface area contributed by atoms with Crippen molar-refractivity contribution < 1.29 is 9.21 Å². The van der Waals surface area contributed by atoms with Crippen LogP contribution in [0.25, 0.3) is 6.08 Å². The first-order chi connectivity index (χ1) is 8.74. The van der Waals surface area contributed by atoms with Crippen LogP contribution in [-0.4, -0.2) is 5.91 Å². The molecule has 0 radical (unpaired) electrons. The fraction of sp³-hybridized carbons (Fsp3) is 0.0714. The molecule has 0 unspecified atom stereocenters. The van der Waals surface area contributed by atoms with Crippen molar-refractivity contribution >= 4 is 17.7 Å². The van der Waals surface area contributed by atoms with Gasteiger partial charge in [-0.1, -0.05) is 12.1 Å². The number of nitrogens with one attached hydrogen (secondary N) is 1. The molecule has 1 amide bonds. The molecule has 0 bridgehead atoms. The van der Waals surface area contributed by atoms with Crippen LogP contribution in [0.2, 0.25) is 0 Å². The second kappa shape index (κ2) is 5.72. The number of hydrogen-bond donors (Lipinski definition) is 2. The Morgan fingerprint density at radius 3 is 2.72 bits per heavy atom.